The predicted molar refractivity (Wildman–Crippen MR) is 242 cm³/mol. The van der Waals surface area contributed by atoms with E-state index in [9.17, 15) is 59.4 Å². The molecule has 0 saturated heterocycles. The molecule has 16 heteroatoms. The molecule has 5 heterocycles. The summed E-state index contributed by atoms with van der Waals surface area (Å²) in [4.78, 5) is 91.2. The zero-order valence-electron chi connectivity index (χ0n) is 33.7. The molecule has 16 nitrogen and oxygen atoms in total. The maximum atomic E-state index is 12.4. The average molecular weight is 879 g/mol. The van der Waals surface area contributed by atoms with Crippen LogP contribution in [-0.2, 0) is 0 Å². The molecule has 8 bridgehead atoms. The lowest BCUT2D eigenvalue weighted by atomic mass is 9.98. The molecule has 0 aliphatic carbocycles. The summed E-state index contributed by atoms with van der Waals surface area (Å²) < 4.78 is 0. The Morgan fingerprint density at radius 2 is 0.591 bits per heavy atom. The van der Waals surface area contributed by atoms with Crippen LogP contribution in [0, 0.1) is 0 Å². The zero-order chi connectivity index (χ0) is 46.6. The van der Waals surface area contributed by atoms with Gasteiger partial charge >= 0.3 is 35.8 Å². The second kappa shape index (κ2) is 16.2. The van der Waals surface area contributed by atoms with E-state index in [1.54, 1.807) is 48.6 Å². The Balaban J connectivity index is 1.51. The van der Waals surface area contributed by atoms with Crippen molar-refractivity contribution in [1.82, 2.24) is 19.9 Å². The van der Waals surface area contributed by atoms with Gasteiger partial charge in [-0.1, -0.05) is 30.3 Å². The number of nitrogens with zero attached hydrogens (tertiary/aromatic N) is 2. The first-order valence-corrected chi connectivity index (χ1v) is 19.7. The van der Waals surface area contributed by atoms with E-state index in [0.717, 1.165) is 18.2 Å². The van der Waals surface area contributed by atoms with Crippen LogP contribution in [0.2, 0.25) is 0 Å². The smallest absolute Gasteiger partial charge is 0.335 e. The topological polar surface area (TPSA) is 281 Å². The van der Waals surface area contributed by atoms with E-state index in [2.05, 4.69) is 9.97 Å². The Labute approximate surface area is 370 Å². The number of aromatic amines is 2. The van der Waals surface area contributed by atoms with Crippen LogP contribution in [0.25, 0.3) is 90.9 Å². The number of H-pyrrole nitrogens is 2. The lowest BCUT2D eigenvalue weighted by molar-refractivity contribution is 0.0676. The first-order chi connectivity index (χ1) is 31.6. The molecule has 0 amide bonds. The summed E-state index contributed by atoms with van der Waals surface area (Å²) in [5.74, 6) is -8.37. The largest absolute Gasteiger partial charge is 0.478 e. The van der Waals surface area contributed by atoms with E-state index in [1.807, 2.05) is 30.3 Å². The molecule has 7 aromatic rings. The van der Waals surface area contributed by atoms with Crippen molar-refractivity contribution in [2.45, 2.75) is 0 Å². The number of hydrogen-bond donors (Lipinski definition) is 8. The van der Waals surface area contributed by atoms with Crippen molar-refractivity contribution in [3.63, 3.8) is 0 Å². The van der Waals surface area contributed by atoms with Crippen LogP contribution in [0.4, 0.5) is 0 Å². The fraction of sp³-hybridized carbons (Fsp3) is 0. The Hall–Kier alpha value is -9.70. The van der Waals surface area contributed by atoms with Crippen LogP contribution >= 0.6 is 0 Å². The number of carboxylic acids is 6. The standard InChI is InChI=1S/C50H30N4O12/c55-45(56)27-14-24(15-28(20-27)46(57)58)42-35-8-6-33(51-35)41(23-4-2-1-3-5-23)34-7-9-36(52-34)43(25-16-29(47(59)60)21-30(17-25)48(61)62)38-11-13-40(54-38)44(39-12-10-37(42)53-39)26-18-31(49(63)64)22-32(19-26)50(65)66/h1-22,53-54H,(H,55,56)(H,57,58)(H,59,60)(H,61,62)(H,63,64)(H,65,66). The molecule has 0 fully saturated rings. The molecule has 322 valence electrons. The van der Waals surface area contributed by atoms with Crippen molar-refractivity contribution >= 4 is 82.2 Å². The fourth-order valence-electron chi connectivity index (χ4n) is 8.08. The average Bonchev–Trinajstić information content (AvgIpc) is 4.15. The van der Waals surface area contributed by atoms with Crippen molar-refractivity contribution in [2.75, 3.05) is 0 Å². The number of fused-ring (bicyclic) bond motifs is 8. The Morgan fingerprint density at radius 1 is 0.318 bits per heavy atom. The van der Waals surface area contributed by atoms with Crippen LogP contribution in [0.15, 0.2) is 109 Å². The van der Waals surface area contributed by atoms with E-state index in [4.69, 9.17) is 9.97 Å². The number of rotatable bonds is 10. The number of benzene rings is 4. The third-order valence-electron chi connectivity index (χ3n) is 11.0. The third kappa shape index (κ3) is 7.62. The zero-order valence-corrected chi connectivity index (χ0v) is 33.7. The van der Waals surface area contributed by atoms with Crippen molar-refractivity contribution in [3.05, 3.63) is 165 Å². The van der Waals surface area contributed by atoms with Crippen LogP contribution in [-0.4, -0.2) is 86.4 Å². The molecule has 9 rings (SSSR count). The summed E-state index contributed by atoms with van der Waals surface area (Å²) in [6.07, 6.45) is 6.77. The predicted octanol–water partition coefficient (Wildman–Crippen LogP) is 9.51. The molecule has 0 unspecified atom stereocenters. The normalized spacial score (nSPS) is 11.6. The van der Waals surface area contributed by atoms with Crippen LogP contribution in [0.1, 0.15) is 84.9 Å². The summed E-state index contributed by atoms with van der Waals surface area (Å²) in [6, 6.07) is 26.5. The van der Waals surface area contributed by atoms with Gasteiger partial charge in [0.25, 0.3) is 0 Å². The van der Waals surface area contributed by atoms with Crippen LogP contribution in [0.5, 0.6) is 0 Å². The number of hydrogen-bond acceptors (Lipinski definition) is 8. The lowest BCUT2D eigenvalue weighted by Crippen LogP contribution is -2.03. The van der Waals surface area contributed by atoms with Gasteiger partial charge in [0, 0.05) is 44.3 Å². The van der Waals surface area contributed by atoms with E-state index in [0.29, 0.717) is 33.5 Å². The fourth-order valence-corrected chi connectivity index (χ4v) is 8.08. The van der Waals surface area contributed by atoms with Gasteiger partial charge in [0.05, 0.1) is 56.2 Å². The monoisotopic (exact) mass is 878 g/mol. The number of aromatic nitrogens is 4. The molecule has 4 aromatic carbocycles. The summed E-state index contributed by atoms with van der Waals surface area (Å²) in [7, 11) is 0. The molecule has 2 aliphatic rings. The number of carbonyl (C=O) groups is 6. The number of aromatic carboxylic acids is 6. The SMILES string of the molecule is O=C(O)c1cc(C(=O)O)cc(-c2c3nc(c(-c4ccccc4)c4nc(c(-c5cc(C(=O)O)cc(C(=O)O)c5)c5ccc([nH]5)c(-c5cc(C(=O)O)cc(C(=O)O)c5)c5ccc2[nH]5)C=C4)C=C3)c1. The molecule has 66 heavy (non-hydrogen) atoms. The van der Waals surface area contributed by atoms with Gasteiger partial charge in [0.1, 0.15) is 0 Å². The summed E-state index contributed by atoms with van der Waals surface area (Å²) in [5, 5.41) is 60.6. The van der Waals surface area contributed by atoms with Gasteiger partial charge in [-0.25, -0.2) is 38.7 Å². The highest BCUT2D eigenvalue weighted by molar-refractivity contribution is 6.05. The summed E-state index contributed by atoms with van der Waals surface area (Å²) in [5.41, 5.74) is 2.94. The lowest BCUT2D eigenvalue weighted by Gasteiger charge is -2.09. The minimum atomic E-state index is -1.42. The van der Waals surface area contributed by atoms with E-state index >= 15 is 0 Å². The van der Waals surface area contributed by atoms with Crippen molar-refractivity contribution in [3.8, 4) is 44.5 Å². The van der Waals surface area contributed by atoms with Crippen LogP contribution < -0.4 is 0 Å². The number of nitrogens with one attached hydrogen (secondary N) is 2. The van der Waals surface area contributed by atoms with Crippen molar-refractivity contribution < 1.29 is 59.4 Å². The molecular formula is C50H30N4O12. The Kier molecular flexibility index (Phi) is 10.2. The Bertz CT molecular complexity index is 3290. The molecule has 3 aromatic heterocycles. The summed E-state index contributed by atoms with van der Waals surface area (Å²) in [6.45, 7) is 0. The maximum absolute atomic E-state index is 12.4. The minimum Gasteiger partial charge on any atom is -0.478 e. The molecule has 0 saturated carbocycles. The van der Waals surface area contributed by atoms with Crippen molar-refractivity contribution in [1.29, 1.82) is 0 Å². The highest BCUT2D eigenvalue weighted by Crippen LogP contribution is 2.39. The van der Waals surface area contributed by atoms with Gasteiger partial charge in [0.2, 0.25) is 0 Å². The second-order valence-electron chi connectivity index (χ2n) is 15.1. The number of carboxylic acid groups (broad SMARTS) is 6. The first-order valence-electron chi connectivity index (χ1n) is 19.7. The quantitative estimate of drug-likeness (QED) is 0.0635. The van der Waals surface area contributed by atoms with Gasteiger partial charge in [0.15, 0.2) is 0 Å². The molecule has 0 spiro atoms. The highest BCUT2D eigenvalue weighted by atomic mass is 16.4. The van der Waals surface area contributed by atoms with Gasteiger partial charge in [-0.15, -0.1) is 0 Å². The van der Waals surface area contributed by atoms with Crippen LogP contribution in [0.3, 0.4) is 0 Å². The molecular weight excluding hydrogens is 849 g/mol. The summed E-state index contributed by atoms with van der Waals surface area (Å²) >= 11 is 0. The second-order valence-corrected chi connectivity index (χ2v) is 15.1. The van der Waals surface area contributed by atoms with Gasteiger partial charge in [-0.05, 0) is 125 Å². The van der Waals surface area contributed by atoms with E-state index in [-0.39, 0.29) is 89.2 Å². The Morgan fingerprint density at radius 3 is 0.894 bits per heavy atom. The van der Waals surface area contributed by atoms with E-state index < -0.39 is 35.8 Å². The molecule has 2 aliphatic heterocycles. The first kappa shape index (κ1) is 41.6. The highest BCUT2D eigenvalue weighted by Gasteiger charge is 2.23. The third-order valence-corrected chi connectivity index (χ3v) is 11.0. The minimum absolute atomic E-state index is 0.116. The van der Waals surface area contributed by atoms with Gasteiger partial charge in [-0.2, -0.15) is 0 Å². The van der Waals surface area contributed by atoms with Gasteiger partial charge in [-0.3, -0.25) is 0 Å². The van der Waals surface area contributed by atoms with E-state index in [1.165, 1.54) is 36.4 Å². The molecule has 8 N–H and O–H groups in total. The molecule has 0 radical (unpaired) electrons. The van der Waals surface area contributed by atoms with Crippen molar-refractivity contribution in [2.24, 2.45) is 0 Å². The maximum Gasteiger partial charge on any atom is 0.335 e. The van der Waals surface area contributed by atoms with Gasteiger partial charge < -0.3 is 40.6 Å². The molecule has 0 atom stereocenters.